The van der Waals surface area contributed by atoms with Crippen molar-refractivity contribution in [3.05, 3.63) is 60.8 Å². The number of carbonyl (C=O) groups is 1. The molecule has 72 heavy (non-hydrogen) atoms. The maximum Gasteiger partial charge on any atom is 0.249 e. The number of carbonyl (C=O) groups excluding carboxylic acids is 1. The molecule has 1 aliphatic heterocycles. The van der Waals surface area contributed by atoms with Gasteiger partial charge in [-0.1, -0.05) is 216 Å². The Hall–Kier alpha value is -2.19. The summed E-state index contributed by atoms with van der Waals surface area (Å²) in [5.41, 5.74) is 0. The molecule has 9 unspecified atom stereocenters. The molecule has 1 rings (SSSR count). The van der Waals surface area contributed by atoms with Gasteiger partial charge in [0.1, 0.15) is 36.6 Å². The number of hydrogen-bond donors (Lipinski definition) is 8. The third-order valence-corrected chi connectivity index (χ3v) is 14.0. The highest BCUT2D eigenvalue weighted by atomic mass is 16.7. The van der Waals surface area contributed by atoms with Crippen molar-refractivity contribution in [2.24, 2.45) is 0 Å². The highest BCUT2D eigenvalue weighted by Gasteiger charge is 2.44. The summed E-state index contributed by atoms with van der Waals surface area (Å²) in [6.45, 7) is 3.44. The standard InChI is InChI=1S/C61H111NO10/c1-3-5-7-9-11-13-15-17-19-21-23-25-27-29-30-32-34-36-38-40-42-44-46-48-53(64)56(66)52(51-71-61-59(69)58(68)57(67)55(50-63)72-61)62-60(70)54(65)49-47-45-43-41-39-37-35-33-31-28-26-24-22-20-18-16-14-12-10-8-6-4-2/h24-27,31-34,40,42,52-59,61,63-69H,3-23,28-30,35-39,41,43-51H2,1-2H3,(H,62,70)/b26-24-,27-25+,33-31-,34-32+,42-40+. The van der Waals surface area contributed by atoms with Crippen LogP contribution in [0, 0.1) is 0 Å². The fraction of sp³-hybridized carbons (Fsp3) is 0.820. The van der Waals surface area contributed by atoms with E-state index in [0.717, 1.165) is 70.6 Å². The molecule has 9 atom stereocenters. The van der Waals surface area contributed by atoms with Crippen LogP contribution in [0.2, 0.25) is 0 Å². The zero-order valence-corrected chi connectivity index (χ0v) is 45.9. The second-order valence-electron chi connectivity index (χ2n) is 20.7. The van der Waals surface area contributed by atoms with Gasteiger partial charge in [0.15, 0.2) is 6.29 Å². The summed E-state index contributed by atoms with van der Waals surface area (Å²) in [6.07, 6.45) is 52.7. The molecule has 1 fully saturated rings. The first-order chi connectivity index (χ1) is 35.2. The van der Waals surface area contributed by atoms with E-state index in [1.54, 1.807) is 0 Å². The van der Waals surface area contributed by atoms with Crippen LogP contribution in [0.15, 0.2) is 60.8 Å². The van der Waals surface area contributed by atoms with Crippen molar-refractivity contribution < 1.29 is 50.0 Å². The maximum atomic E-state index is 13.2. The van der Waals surface area contributed by atoms with Gasteiger partial charge in [0, 0.05) is 0 Å². The first-order valence-corrected chi connectivity index (χ1v) is 29.7. The molecular weight excluding hydrogens is 907 g/mol. The van der Waals surface area contributed by atoms with Crippen molar-refractivity contribution in [2.45, 2.75) is 306 Å². The highest BCUT2D eigenvalue weighted by molar-refractivity contribution is 5.80. The van der Waals surface area contributed by atoms with Gasteiger partial charge in [-0.25, -0.2) is 0 Å². The van der Waals surface area contributed by atoms with Gasteiger partial charge < -0.3 is 50.5 Å². The Morgan fingerprint density at radius 3 is 1.32 bits per heavy atom. The highest BCUT2D eigenvalue weighted by Crippen LogP contribution is 2.23. The van der Waals surface area contributed by atoms with Crippen molar-refractivity contribution in [3.63, 3.8) is 0 Å². The van der Waals surface area contributed by atoms with Crippen LogP contribution in [0.3, 0.4) is 0 Å². The summed E-state index contributed by atoms with van der Waals surface area (Å²) in [6, 6.07) is -1.20. The zero-order valence-electron chi connectivity index (χ0n) is 45.9. The second kappa shape index (κ2) is 49.7. The molecule has 0 saturated carbocycles. The predicted molar refractivity (Wildman–Crippen MR) is 298 cm³/mol. The molecule has 0 bridgehead atoms. The minimum absolute atomic E-state index is 0.235. The van der Waals surface area contributed by atoms with E-state index in [9.17, 15) is 40.5 Å². The SMILES string of the molecule is CCCCCCCCCCC/C=C\C/C=C\CCCCCCCCC(O)C(=O)NC(COC1OC(CO)C(O)C(O)C1O)C(O)C(O)CCC/C=C/CC/C=C/CC/C=C/CCCCCCCCCCCC. The molecule has 0 aromatic rings. The second-order valence-corrected chi connectivity index (χ2v) is 20.7. The van der Waals surface area contributed by atoms with Crippen LogP contribution in [-0.2, 0) is 14.3 Å². The number of allylic oxidation sites excluding steroid dienone is 10. The Morgan fingerprint density at radius 1 is 0.486 bits per heavy atom. The van der Waals surface area contributed by atoms with Gasteiger partial charge >= 0.3 is 0 Å². The number of rotatable bonds is 50. The zero-order chi connectivity index (χ0) is 52.5. The number of amides is 1. The van der Waals surface area contributed by atoms with E-state index in [-0.39, 0.29) is 12.8 Å². The van der Waals surface area contributed by atoms with Gasteiger partial charge in [0.2, 0.25) is 5.91 Å². The van der Waals surface area contributed by atoms with Gasteiger partial charge in [-0.2, -0.15) is 0 Å². The summed E-state index contributed by atoms with van der Waals surface area (Å²) in [5.74, 6) is -0.721. The lowest BCUT2D eigenvalue weighted by Crippen LogP contribution is -2.60. The lowest BCUT2D eigenvalue weighted by molar-refractivity contribution is -0.303. The Labute approximate surface area is 440 Å². The van der Waals surface area contributed by atoms with E-state index in [4.69, 9.17) is 9.47 Å². The van der Waals surface area contributed by atoms with Gasteiger partial charge in [0.25, 0.3) is 0 Å². The Bertz CT molecular complexity index is 1350. The molecule has 1 saturated heterocycles. The smallest absolute Gasteiger partial charge is 0.249 e. The summed E-state index contributed by atoms with van der Waals surface area (Å²) in [5, 5.41) is 76.1. The molecule has 0 aliphatic carbocycles. The molecule has 1 aliphatic rings. The van der Waals surface area contributed by atoms with Crippen LogP contribution >= 0.6 is 0 Å². The first-order valence-electron chi connectivity index (χ1n) is 29.7. The molecule has 0 aromatic carbocycles. The summed E-state index contributed by atoms with van der Waals surface area (Å²) < 4.78 is 11.1. The molecule has 11 nitrogen and oxygen atoms in total. The van der Waals surface area contributed by atoms with E-state index < -0.39 is 74.2 Å². The van der Waals surface area contributed by atoms with Gasteiger partial charge in [-0.15, -0.1) is 0 Å². The van der Waals surface area contributed by atoms with Crippen LogP contribution < -0.4 is 5.32 Å². The van der Waals surface area contributed by atoms with Crippen LogP contribution in [-0.4, -0.2) is 110 Å². The molecule has 0 radical (unpaired) electrons. The maximum absolute atomic E-state index is 13.2. The van der Waals surface area contributed by atoms with Crippen LogP contribution in [0.5, 0.6) is 0 Å². The number of aliphatic hydroxyl groups is 7. The Morgan fingerprint density at radius 2 is 0.875 bits per heavy atom. The van der Waals surface area contributed by atoms with Crippen molar-refractivity contribution in [1.82, 2.24) is 5.32 Å². The normalized spacial score (nSPS) is 20.5. The van der Waals surface area contributed by atoms with E-state index in [0.29, 0.717) is 19.3 Å². The molecule has 0 spiro atoms. The van der Waals surface area contributed by atoms with Crippen LogP contribution in [0.1, 0.15) is 251 Å². The predicted octanol–water partition coefficient (Wildman–Crippen LogP) is 12.6. The van der Waals surface area contributed by atoms with Crippen LogP contribution in [0.25, 0.3) is 0 Å². The molecule has 0 aromatic heterocycles. The lowest BCUT2D eigenvalue weighted by atomic mass is 9.98. The summed E-state index contributed by atoms with van der Waals surface area (Å²) in [7, 11) is 0. The van der Waals surface area contributed by atoms with Gasteiger partial charge in [-0.05, 0) is 96.3 Å². The average molecular weight is 1020 g/mol. The van der Waals surface area contributed by atoms with Crippen molar-refractivity contribution in [3.8, 4) is 0 Å². The number of unbranched alkanes of at least 4 members (excludes halogenated alkanes) is 28. The summed E-state index contributed by atoms with van der Waals surface area (Å²) >= 11 is 0. The number of ether oxygens (including phenoxy) is 2. The minimum Gasteiger partial charge on any atom is -0.394 e. The first kappa shape index (κ1) is 67.8. The van der Waals surface area contributed by atoms with Gasteiger partial charge in [0.05, 0.1) is 25.4 Å². The Kier molecular flexibility index (Phi) is 46.8. The average Bonchev–Trinajstić information content (AvgIpc) is 3.38. The number of hydrogen-bond acceptors (Lipinski definition) is 10. The van der Waals surface area contributed by atoms with E-state index in [1.165, 1.54) is 135 Å². The van der Waals surface area contributed by atoms with E-state index >= 15 is 0 Å². The van der Waals surface area contributed by atoms with Crippen molar-refractivity contribution in [2.75, 3.05) is 13.2 Å². The lowest BCUT2D eigenvalue weighted by Gasteiger charge is -2.40. The number of aliphatic hydroxyl groups excluding tert-OH is 7. The van der Waals surface area contributed by atoms with Gasteiger partial charge in [-0.3, -0.25) is 4.79 Å². The summed E-state index contributed by atoms with van der Waals surface area (Å²) in [4.78, 5) is 13.2. The van der Waals surface area contributed by atoms with Crippen molar-refractivity contribution in [1.29, 1.82) is 0 Å². The monoisotopic (exact) mass is 1020 g/mol. The number of nitrogens with one attached hydrogen (secondary N) is 1. The van der Waals surface area contributed by atoms with E-state index in [1.807, 2.05) is 0 Å². The third-order valence-electron chi connectivity index (χ3n) is 14.0. The quantitative estimate of drug-likeness (QED) is 0.0215. The fourth-order valence-electron chi connectivity index (χ4n) is 9.15. The molecule has 11 heteroatoms. The molecule has 1 amide bonds. The molecule has 420 valence electrons. The minimum atomic E-state index is -1.68. The van der Waals surface area contributed by atoms with Crippen molar-refractivity contribution >= 4 is 5.91 Å². The fourth-order valence-corrected chi connectivity index (χ4v) is 9.15. The third kappa shape index (κ3) is 37.5. The molecule has 8 N–H and O–H groups in total. The van der Waals surface area contributed by atoms with E-state index in [2.05, 4.69) is 79.9 Å². The largest absolute Gasteiger partial charge is 0.394 e. The molecular formula is C61H111NO10. The topological polar surface area (TPSA) is 189 Å². The van der Waals surface area contributed by atoms with Crippen LogP contribution in [0.4, 0.5) is 0 Å². The Balaban J connectivity index is 2.37. The molecule has 1 heterocycles.